The fourth-order valence-corrected chi connectivity index (χ4v) is 3.98. The van der Waals surface area contributed by atoms with Gasteiger partial charge in [-0.3, -0.25) is 4.79 Å². The lowest BCUT2D eigenvalue weighted by Gasteiger charge is -2.07. The molecule has 214 valence electrons. The lowest BCUT2D eigenvalue weighted by atomic mass is 10.0. The van der Waals surface area contributed by atoms with Crippen LogP contribution in [-0.4, -0.2) is 55.6 Å². The quantitative estimate of drug-likeness (QED) is 0.0853. The van der Waals surface area contributed by atoms with E-state index in [2.05, 4.69) is 6.92 Å². The van der Waals surface area contributed by atoms with Gasteiger partial charge in [0.1, 0.15) is 0 Å². The molecule has 2 unspecified atom stereocenters. The van der Waals surface area contributed by atoms with E-state index in [1.807, 2.05) is 0 Å². The summed E-state index contributed by atoms with van der Waals surface area (Å²) in [5.74, 6) is -4.19. The van der Waals surface area contributed by atoms with Crippen molar-refractivity contribution in [3.63, 3.8) is 0 Å². The van der Waals surface area contributed by atoms with E-state index >= 15 is 0 Å². The van der Waals surface area contributed by atoms with Gasteiger partial charge in [0.05, 0.1) is 0 Å². The standard InChI is InChI=1S/C24H48O2.C4H6O6/c1-2-3-4-5-6-7-8-9-10-11-12-13-14-15-16-17-18-19-20-21-22-23-24(25)26;5-1(3(7)8)2(6)4(9)10/h2-23H2,1H3,(H,25,26);1-2,5-6H,(H,7,8)(H,9,10). The van der Waals surface area contributed by atoms with Gasteiger partial charge in [-0.15, -0.1) is 0 Å². The van der Waals surface area contributed by atoms with Crippen LogP contribution in [0.15, 0.2) is 0 Å². The Morgan fingerprint density at radius 3 is 0.861 bits per heavy atom. The number of carbonyl (C=O) groups is 3. The summed E-state index contributed by atoms with van der Waals surface area (Å²) in [6.45, 7) is 2.29. The van der Waals surface area contributed by atoms with Crippen molar-refractivity contribution in [3.05, 3.63) is 0 Å². The van der Waals surface area contributed by atoms with Gasteiger partial charge in [-0.05, 0) is 6.42 Å². The van der Waals surface area contributed by atoms with Gasteiger partial charge in [0.15, 0.2) is 12.2 Å². The normalized spacial score (nSPS) is 12.4. The van der Waals surface area contributed by atoms with Crippen LogP contribution in [0.4, 0.5) is 0 Å². The summed E-state index contributed by atoms with van der Waals surface area (Å²) in [4.78, 5) is 29.9. The second-order valence-corrected chi connectivity index (χ2v) is 9.78. The molecule has 0 saturated carbocycles. The molecule has 0 aromatic heterocycles. The Hall–Kier alpha value is -1.67. The van der Waals surface area contributed by atoms with Gasteiger partial charge in [-0.2, -0.15) is 0 Å². The Balaban J connectivity index is 0. The van der Waals surface area contributed by atoms with Gasteiger partial charge in [-0.25, -0.2) is 9.59 Å². The monoisotopic (exact) mass is 518 g/mol. The molecule has 0 heterocycles. The van der Waals surface area contributed by atoms with Crippen molar-refractivity contribution in [2.45, 2.75) is 160 Å². The van der Waals surface area contributed by atoms with E-state index in [4.69, 9.17) is 25.5 Å². The van der Waals surface area contributed by atoms with Crippen LogP contribution in [0.25, 0.3) is 0 Å². The molecule has 0 amide bonds. The van der Waals surface area contributed by atoms with Crippen molar-refractivity contribution in [2.24, 2.45) is 0 Å². The molecule has 0 rings (SSSR count). The van der Waals surface area contributed by atoms with Crippen molar-refractivity contribution >= 4 is 17.9 Å². The predicted molar refractivity (Wildman–Crippen MR) is 142 cm³/mol. The number of rotatable bonds is 25. The summed E-state index contributed by atoms with van der Waals surface area (Å²) in [7, 11) is 0. The third kappa shape index (κ3) is 28.6. The molecule has 0 radical (unpaired) electrons. The number of aliphatic hydroxyl groups excluding tert-OH is 2. The summed E-state index contributed by atoms with van der Waals surface area (Å²) in [6.07, 6.45) is 24.5. The van der Waals surface area contributed by atoms with Crippen molar-refractivity contribution in [1.29, 1.82) is 0 Å². The zero-order valence-electron chi connectivity index (χ0n) is 22.7. The fourth-order valence-electron chi connectivity index (χ4n) is 3.98. The average Bonchev–Trinajstić information content (AvgIpc) is 2.84. The highest BCUT2D eigenvalue weighted by Gasteiger charge is 2.29. The van der Waals surface area contributed by atoms with Gasteiger partial charge >= 0.3 is 17.9 Å². The number of unbranched alkanes of at least 4 members (excludes halogenated alkanes) is 20. The molecule has 8 heteroatoms. The third-order valence-electron chi connectivity index (χ3n) is 6.30. The number of carboxylic acid groups (broad SMARTS) is 3. The summed E-state index contributed by atoms with van der Waals surface area (Å²) in [5.41, 5.74) is 0. The van der Waals surface area contributed by atoms with E-state index in [1.165, 1.54) is 122 Å². The first-order valence-corrected chi connectivity index (χ1v) is 14.3. The van der Waals surface area contributed by atoms with Gasteiger partial charge in [0.2, 0.25) is 0 Å². The Morgan fingerprint density at radius 2 is 0.667 bits per heavy atom. The smallest absolute Gasteiger partial charge is 0.335 e. The highest BCUT2D eigenvalue weighted by molar-refractivity contribution is 5.83. The molecule has 8 nitrogen and oxygen atoms in total. The topological polar surface area (TPSA) is 152 Å². The summed E-state index contributed by atoms with van der Waals surface area (Å²) in [6, 6.07) is 0. The Labute approximate surface area is 218 Å². The maximum absolute atomic E-state index is 10.4. The van der Waals surface area contributed by atoms with Crippen LogP contribution in [0.2, 0.25) is 0 Å². The zero-order valence-corrected chi connectivity index (χ0v) is 22.7. The first kappa shape index (κ1) is 36.5. The van der Waals surface area contributed by atoms with Crippen LogP contribution in [-0.2, 0) is 14.4 Å². The minimum Gasteiger partial charge on any atom is -0.481 e. The largest absolute Gasteiger partial charge is 0.481 e. The van der Waals surface area contributed by atoms with E-state index in [1.54, 1.807) is 0 Å². The minimum absolute atomic E-state index is 0.346. The Morgan fingerprint density at radius 1 is 0.444 bits per heavy atom. The average molecular weight is 519 g/mol. The van der Waals surface area contributed by atoms with Crippen LogP contribution in [0.1, 0.15) is 148 Å². The predicted octanol–water partition coefficient (Wildman–Crippen LogP) is 6.55. The van der Waals surface area contributed by atoms with E-state index < -0.39 is 30.1 Å². The summed E-state index contributed by atoms with van der Waals surface area (Å²) >= 11 is 0. The lowest BCUT2D eigenvalue weighted by molar-refractivity contribution is -0.165. The highest BCUT2D eigenvalue weighted by Crippen LogP contribution is 2.15. The molecule has 0 aliphatic carbocycles. The molecule has 0 aliphatic rings. The van der Waals surface area contributed by atoms with Crippen molar-refractivity contribution in [3.8, 4) is 0 Å². The van der Waals surface area contributed by atoms with Crippen molar-refractivity contribution in [1.82, 2.24) is 0 Å². The third-order valence-corrected chi connectivity index (χ3v) is 6.30. The number of carboxylic acids is 3. The zero-order chi connectivity index (χ0) is 27.4. The fraction of sp³-hybridized carbons (Fsp3) is 0.893. The van der Waals surface area contributed by atoms with Gasteiger partial charge in [0.25, 0.3) is 0 Å². The van der Waals surface area contributed by atoms with E-state index in [0.717, 1.165) is 12.8 Å². The molecule has 0 spiro atoms. The van der Waals surface area contributed by atoms with Gasteiger partial charge < -0.3 is 25.5 Å². The number of aliphatic carboxylic acids is 3. The van der Waals surface area contributed by atoms with E-state index in [0.29, 0.717) is 6.42 Å². The molecule has 0 saturated heterocycles. The second-order valence-electron chi connectivity index (χ2n) is 9.78. The molecular formula is C28H54O8. The van der Waals surface area contributed by atoms with Crippen LogP contribution in [0.5, 0.6) is 0 Å². The summed E-state index contributed by atoms with van der Waals surface area (Å²) < 4.78 is 0. The van der Waals surface area contributed by atoms with E-state index in [-0.39, 0.29) is 0 Å². The van der Waals surface area contributed by atoms with Gasteiger partial charge in [0, 0.05) is 6.42 Å². The molecule has 0 fully saturated rings. The van der Waals surface area contributed by atoms with Crippen molar-refractivity contribution < 1.29 is 39.9 Å². The number of hydrogen-bond donors (Lipinski definition) is 5. The SMILES string of the molecule is CCCCCCCCCCCCCCCCCCCCCCCC(=O)O.O=C(O)C(O)C(O)C(=O)O. The molecular weight excluding hydrogens is 464 g/mol. The van der Waals surface area contributed by atoms with E-state index in [9.17, 15) is 14.4 Å². The molecule has 36 heavy (non-hydrogen) atoms. The maximum Gasteiger partial charge on any atom is 0.335 e. The molecule has 0 bridgehead atoms. The van der Waals surface area contributed by atoms with Crippen LogP contribution >= 0.6 is 0 Å². The molecule has 0 aliphatic heterocycles. The van der Waals surface area contributed by atoms with Crippen LogP contribution < -0.4 is 0 Å². The Bertz CT molecular complexity index is 506. The minimum atomic E-state index is -2.27. The van der Waals surface area contributed by atoms with Gasteiger partial charge in [-0.1, -0.05) is 135 Å². The first-order valence-electron chi connectivity index (χ1n) is 14.3. The number of aliphatic hydroxyl groups is 2. The molecule has 5 N–H and O–H groups in total. The van der Waals surface area contributed by atoms with Crippen molar-refractivity contribution in [2.75, 3.05) is 0 Å². The molecule has 0 aromatic rings. The molecule has 2 atom stereocenters. The highest BCUT2D eigenvalue weighted by atomic mass is 16.4. The van der Waals surface area contributed by atoms with Crippen LogP contribution in [0, 0.1) is 0 Å². The first-order chi connectivity index (χ1) is 17.2. The maximum atomic E-state index is 10.4. The second kappa shape index (κ2) is 27.9. The molecule has 0 aromatic carbocycles. The Kier molecular flexibility index (Phi) is 28.3. The summed E-state index contributed by atoms with van der Waals surface area (Å²) in [5, 5.41) is 41.1. The van der Waals surface area contributed by atoms with Crippen LogP contribution in [0.3, 0.4) is 0 Å². The number of hydrogen-bond acceptors (Lipinski definition) is 5. The lowest BCUT2D eigenvalue weighted by Crippen LogP contribution is -2.39.